The van der Waals surface area contributed by atoms with Crippen LogP contribution < -0.4 is 9.62 Å². The number of halogens is 3. The summed E-state index contributed by atoms with van der Waals surface area (Å²) in [4.78, 5) is 28.5. The van der Waals surface area contributed by atoms with E-state index in [0.717, 1.165) is 4.31 Å². The lowest BCUT2D eigenvalue weighted by molar-refractivity contribution is -0.140. The maximum Gasteiger partial charge on any atom is 0.264 e. The molecule has 3 rings (SSSR count). The summed E-state index contributed by atoms with van der Waals surface area (Å²) in [5.74, 6) is -0.946. The molecule has 11 heteroatoms. The highest BCUT2D eigenvalue weighted by atomic mass is 35.5. The SMILES string of the molecule is CCCNC(=O)[C@H](CC)N(Cc1c(Cl)cccc1Cl)C(=O)CN(c1ccc(Cl)cc1)S(=O)(=O)c1ccccc1. The van der Waals surface area contributed by atoms with E-state index in [4.69, 9.17) is 34.8 Å². The summed E-state index contributed by atoms with van der Waals surface area (Å²) < 4.78 is 28.5. The Labute approximate surface area is 244 Å². The number of hydrogen-bond acceptors (Lipinski definition) is 4. The second kappa shape index (κ2) is 14.0. The van der Waals surface area contributed by atoms with E-state index in [1.807, 2.05) is 6.92 Å². The van der Waals surface area contributed by atoms with Crippen molar-refractivity contribution in [1.29, 1.82) is 0 Å². The van der Waals surface area contributed by atoms with Crippen LogP contribution in [0, 0.1) is 0 Å². The summed E-state index contributed by atoms with van der Waals surface area (Å²) in [6.45, 7) is 3.48. The predicted octanol–water partition coefficient (Wildman–Crippen LogP) is 6.18. The maximum atomic E-state index is 14.0. The van der Waals surface area contributed by atoms with Gasteiger partial charge in [-0.15, -0.1) is 0 Å². The van der Waals surface area contributed by atoms with Crippen LogP contribution in [0.4, 0.5) is 5.69 Å². The van der Waals surface area contributed by atoms with Crippen LogP contribution in [0.15, 0.2) is 77.7 Å². The van der Waals surface area contributed by atoms with Crippen LogP contribution in [0.2, 0.25) is 15.1 Å². The van der Waals surface area contributed by atoms with E-state index in [1.54, 1.807) is 55.5 Å². The van der Waals surface area contributed by atoms with Crippen molar-refractivity contribution in [2.75, 3.05) is 17.4 Å². The Hall–Kier alpha value is -2.78. The minimum atomic E-state index is -4.16. The van der Waals surface area contributed by atoms with Gasteiger partial charge in [0.05, 0.1) is 10.6 Å². The molecule has 0 heterocycles. The zero-order chi connectivity index (χ0) is 28.6. The van der Waals surface area contributed by atoms with Gasteiger partial charge in [-0.1, -0.05) is 72.9 Å². The molecule has 0 bridgehead atoms. The lowest BCUT2D eigenvalue weighted by Crippen LogP contribution is -2.52. The number of sulfonamides is 1. The molecule has 7 nitrogen and oxygen atoms in total. The second-order valence-corrected chi connectivity index (χ2v) is 11.9. The van der Waals surface area contributed by atoms with Crippen LogP contribution in [-0.4, -0.2) is 44.3 Å². The van der Waals surface area contributed by atoms with Crippen molar-refractivity contribution in [3.8, 4) is 0 Å². The number of nitrogens with zero attached hydrogens (tertiary/aromatic N) is 2. The topological polar surface area (TPSA) is 86.8 Å². The first-order valence-electron chi connectivity index (χ1n) is 12.4. The molecule has 1 N–H and O–H groups in total. The van der Waals surface area contributed by atoms with Gasteiger partial charge < -0.3 is 10.2 Å². The van der Waals surface area contributed by atoms with Crippen LogP contribution >= 0.6 is 34.8 Å². The number of hydrogen-bond donors (Lipinski definition) is 1. The second-order valence-electron chi connectivity index (χ2n) is 8.74. The van der Waals surface area contributed by atoms with Gasteiger partial charge in [0.25, 0.3) is 10.0 Å². The molecule has 0 saturated heterocycles. The molecule has 1 atom stereocenters. The molecular weight excluding hydrogens is 581 g/mol. The fourth-order valence-corrected chi connectivity index (χ4v) is 6.07. The molecule has 39 heavy (non-hydrogen) atoms. The Balaban J connectivity index is 2.07. The number of benzene rings is 3. The number of carbonyl (C=O) groups is 2. The average molecular weight is 611 g/mol. The third-order valence-electron chi connectivity index (χ3n) is 6.05. The summed E-state index contributed by atoms with van der Waals surface area (Å²) in [7, 11) is -4.16. The Bertz CT molecular complexity index is 1370. The van der Waals surface area contributed by atoms with Crippen molar-refractivity contribution in [3.63, 3.8) is 0 Å². The smallest absolute Gasteiger partial charge is 0.264 e. The van der Waals surface area contributed by atoms with Gasteiger partial charge in [-0.3, -0.25) is 13.9 Å². The lowest BCUT2D eigenvalue weighted by atomic mass is 10.1. The largest absolute Gasteiger partial charge is 0.354 e. The first kappa shape index (κ1) is 30.8. The van der Waals surface area contributed by atoms with Crippen LogP contribution in [0.25, 0.3) is 0 Å². The molecule has 3 aromatic rings. The third-order valence-corrected chi connectivity index (χ3v) is 8.80. The summed E-state index contributed by atoms with van der Waals surface area (Å²) in [5.41, 5.74) is 0.704. The molecule has 3 aromatic carbocycles. The molecule has 0 spiro atoms. The highest BCUT2D eigenvalue weighted by Gasteiger charge is 2.34. The number of nitrogens with one attached hydrogen (secondary N) is 1. The van der Waals surface area contributed by atoms with Crippen molar-refractivity contribution < 1.29 is 18.0 Å². The predicted molar refractivity (Wildman–Crippen MR) is 157 cm³/mol. The van der Waals surface area contributed by atoms with Crippen molar-refractivity contribution >= 4 is 62.3 Å². The molecule has 0 aliphatic rings. The fraction of sp³-hybridized carbons (Fsp3) is 0.286. The number of rotatable bonds is 12. The van der Waals surface area contributed by atoms with Crippen molar-refractivity contribution in [2.45, 2.75) is 44.2 Å². The van der Waals surface area contributed by atoms with Crippen molar-refractivity contribution in [3.05, 3.63) is 93.4 Å². The van der Waals surface area contributed by atoms with Crippen molar-refractivity contribution in [1.82, 2.24) is 10.2 Å². The van der Waals surface area contributed by atoms with E-state index >= 15 is 0 Å². The number of anilines is 1. The van der Waals surface area contributed by atoms with Gasteiger partial charge >= 0.3 is 0 Å². The normalized spacial score (nSPS) is 12.0. The molecule has 0 aliphatic heterocycles. The van der Waals surface area contributed by atoms with Gasteiger partial charge in [-0.25, -0.2) is 8.42 Å². The molecular formula is C28H30Cl3N3O4S. The van der Waals surface area contributed by atoms with E-state index < -0.39 is 28.5 Å². The number of carbonyl (C=O) groups excluding carboxylic acids is 2. The Morgan fingerprint density at radius 1 is 0.872 bits per heavy atom. The quantitative estimate of drug-likeness (QED) is 0.266. The van der Waals surface area contributed by atoms with E-state index in [1.165, 1.54) is 29.2 Å². The average Bonchev–Trinajstić information content (AvgIpc) is 2.92. The molecule has 0 saturated carbocycles. The Morgan fingerprint density at radius 2 is 1.49 bits per heavy atom. The van der Waals surface area contributed by atoms with E-state index in [0.29, 0.717) is 33.6 Å². The van der Waals surface area contributed by atoms with Gasteiger partial charge in [0.2, 0.25) is 11.8 Å². The zero-order valence-corrected chi connectivity index (χ0v) is 24.7. The lowest BCUT2D eigenvalue weighted by Gasteiger charge is -2.33. The molecule has 208 valence electrons. The Morgan fingerprint density at radius 3 is 2.05 bits per heavy atom. The maximum absolute atomic E-state index is 14.0. The molecule has 0 unspecified atom stereocenters. The first-order valence-corrected chi connectivity index (χ1v) is 15.0. The van der Waals surface area contributed by atoms with E-state index in [2.05, 4.69) is 5.32 Å². The highest BCUT2D eigenvalue weighted by molar-refractivity contribution is 7.92. The van der Waals surface area contributed by atoms with Crippen LogP contribution in [-0.2, 0) is 26.2 Å². The third kappa shape index (κ3) is 7.66. The minimum Gasteiger partial charge on any atom is -0.354 e. The molecule has 0 aromatic heterocycles. The van der Waals surface area contributed by atoms with Crippen molar-refractivity contribution in [2.24, 2.45) is 0 Å². The van der Waals surface area contributed by atoms with Crippen LogP contribution in [0.1, 0.15) is 32.3 Å². The van der Waals surface area contributed by atoms with Crippen LogP contribution in [0.5, 0.6) is 0 Å². The van der Waals surface area contributed by atoms with Crippen LogP contribution in [0.3, 0.4) is 0 Å². The standard InChI is InChI=1S/C28H30Cl3N3O4S/c1-3-17-32-28(36)26(4-2)33(18-23-24(30)11-8-12-25(23)31)27(35)19-34(21-15-13-20(29)14-16-21)39(37,38)22-9-6-5-7-10-22/h5-16,26H,3-4,17-19H2,1-2H3,(H,32,36)/t26-/m0/s1. The van der Waals surface area contributed by atoms with Gasteiger partial charge in [0.15, 0.2) is 0 Å². The van der Waals surface area contributed by atoms with E-state index in [9.17, 15) is 18.0 Å². The monoisotopic (exact) mass is 609 g/mol. The highest BCUT2D eigenvalue weighted by Crippen LogP contribution is 2.29. The van der Waals surface area contributed by atoms with Gasteiger partial charge in [0, 0.05) is 33.7 Å². The first-order chi connectivity index (χ1) is 18.6. The summed E-state index contributed by atoms with van der Waals surface area (Å²) in [6, 6.07) is 18.0. The molecule has 0 aliphatic carbocycles. The molecule has 0 radical (unpaired) electrons. The molecule has 2 amide bonds. The summed E-state index contributed by atoms with van der Waals surface area (Å²) in [6.07, 6.45) is 1.00. The van der Waals surface area contributed by atoms with Gasteiger partial charge in [-0.05, 0) is 61.4 Å². The fourth-order valence-electron chi connectivity index (χ4n) is 4.00. The summed E-state index contributed by atoms with van der Waals surface area (Å²) >= 11 is 18.9. The zero-order valence-electron chi connectivity index (χ0n) is 21.6. The molecule has 0 fully saturated rings. The minimum absolute atomic E-state index is 0.0150. The van der Waals surface area contributed by atoms with Gasteiger partial charge in [-0.2, -0.15) is 0 Å². The van der Waals surface area contributed by atoms with E-state index in [-0.39, 0.29) is 29.5 Å². The Kier molecular flexibility index (Phi) is 11.1. The van der Waals surface area contributed by atoms with Gasteiger partial charge in [0.1, 0.15) is 12.6 Å². The summed E-state index contributed by atoms with van der Waals surface area (Å²) in [5, 5.41) is 3.91. The number of amides is 2.